The molecule has 0 saturated carbocycles. The van der Waals surface area contributed by atoms with Gasteiger partial charge in [0.25, 0.3) is 0 Å². The number of aliphatic carboxylic acids is 1. The Hall–Kier alpha value is -2.37. The van der Waals surface area contributed by atoms with E-state index < -0.39 is 5.97 Å². The molecule has 100 valence electrons. The molecule has 1 aromatic heterocycles. The summed E-state index contributed by atoms with van der Waals surface area (Å²) in [7, 11) is 1.59. The molecule has 2 rings (SSSR count). The van der Waals surface area contributed by atoms with Gasteiger partial charge in [-0.25, -0.2) is 0 Å². The van der Waals surface area contributed by atoms with E-state index in [9.17, 15) is 4.79 Å². The van der Waals surface area contributed by atoms with Gasteiger partial charge in [-0.15, -0.1) is 0 Å². The lowest BCUT2D eigenvalue weighted by atomic mass is 10.2. The van der Waals surface area contributed by atoms with Crippen LogP contribution in [0.5, 0.6) is 5.75 Å². The van der Waals surface area contributed by atoms with E-state index in [-0.39, 0.29) is 6.42 Å². The van der Waals surface area contributed by atoms with Crippen LogP contribution in [0.1, 0.15) is 18.7 Å². The fourth-order valence-electron chi connectivity index (χ4n) is 1.63. The van der Waals surface area contributed by atoms with Gasteiger partial charge in [0, 0.05) is 18.4 Å². The van der Waals surface area contributed by atoms with Gasteiger partial charge in [-0.3, -0.25) is 4.79 Å². The van der Waals surface area contributed by atoms with Crippen molar-refractivity contribution in [3.8, 4) is 17.1 Å². The first kappa shape index (κ1) is 13.1. The maximum absolute atomic E-state index is 10.4. The van der Waals surface area contributed by atoms with Gasteiger partial charge < -0.3 is 14.4 Å². The van der Waals surface area contributed by atoms with Gasteiger partial charge in [-0.05, 0) is 18.6 Å². The minimum atomic E-state index is -0.826. The van der Waals surface area contributed by atoms with Crippen LogP contribution in [0.15, 0.2) is 28.8 Å². The molecule has 0 aliphatic rings. The third kappa shape index (κ3) is 3.54. The highest BCUT2D eigenvalue weighted by Gasteiger charge is 2.09. The molecule has 0 bridgehead atoms. The number of rotatable bonds is 6. The van der Waals surface area contributed by atoms with Crippen LogP contribution < -0.4 is 4.74 Å². The summed E-state index contributed by atoms with van der Waals surface area (Å²) in [5.74, 6) is 0.811. The highest BCUT2D eigenvalue weighted by molar-refractivity contribution is 5.66. The van der Waals surface area contributed by atoms with Crippen molar-refractivity contribution >= 4 is 5.97 Å². The van der Waals surface area contributed by atoms with Gasteiger partial charge in [0.2, 0.25) is 11.7 Å². The van der Waals surface area contributed by atoms with E-state index in [4.69, 9.17) is 14.4 Å². The van der Waals surface area contributed by atoms with Crippen molar-refractivity contribution in [3.05, 3.63) is 30.2 Å². The predicted octanol–water partition coefficient (Wildman–Crippen LogP) is 2.15. The van der Waals surface area contributed by atoms with E-state index >= 15 is 0 Å². The normalized spacial score (nSPS) is 10.4. The van der Waals surface area contributed by atoms with Crippen LogP contribution >= 0.6 is 0 Å². The molecule has 0 atom stereocenters. The fraction of sp³-hybridized carbons (Fsp3) is 0.308. The van der Waals surface area contributed by atoms with Crippen molar-refractivity contribution in [2.45, 2.75) is 19.3 Å². The van der Waals surface area contributed by atoms with Crippen LogP contribution in [0.2, 0.25) is 0 Å². The summed E-state index contributed by atoms with van der Waals surface area (Å²) in [6, 6.07) is 7.34. The van der Waals surface area contributed by atoms with Crippen LogP contribution in [-0.2, 0) is 11.2 Å². The zero-order chi connectivity index (χ0) is 13.7. The zero-order valence-electron chi connectivity index (χ0n) is 10.5. The number of nitrogens with zero attached hydrogens (tertiary/aromatic N) is 2. The number of aromatic nitrogens is 2. The van der Waals surface area contributed by atoms with E-state index in [1.165, 1.54) is 0 Å². The van der Waals surface area contributed by atoms with Gasteiger partial charge in [0.05, 0.1) is 7.11 Å². The van der Waals surface area contributed by atoms with Crippen molar-refractivity contribution < 1.29 is 19.2 Å². The fourth-order valence-corrected chi connectivity index (χ4v) is 1.63. The molecule has 1 aromatic carbocycles. The molecule has 0 saturated heterocycles. The number of hydrogen-bond donors (Lipinski definition) is 1. The molecular weight excluding hydrogens is 248 g/mol. The molecule has 6 nitrogen and oxygen atoms in total. The van der Waals surface area contributed by atoms with Crippen LogP contribution in [0.4, 0.5) is 0 Å². The van der Waals surface area contributed by atoms with Gasteiger partial charge in [0.15, 0.2) is 0 Å². The summed E-state index contributed by atoms with van der Waals surface area (Å²) in [5, 5.41) is 12.4. The predicted molar refractivity (Wildman–Crippen MR) is 66.9 cm³/mol. The summed E-state index contributed by atoms with van der Waals surface area (Å²) in [6.07, 6.45) is 1.04. The lowest BCUT2D eigenvalue weighted by molar-refractivity contribution is -0.137. The molecule has 1 N–H and O–H groups in total. The first-order chi connectivity index (χ1) is 9.19. The number of ether oxygens (including phenoxy) is 1. The van der Waals surface area contributed by atoms with Crippen molar-refractivity contribution in [1.29, 1.82) is 0 Å². The minimum absolute atomic E-state index is 0.0941. The second-order valence-corrected chi connectivity index (χ2v) is 3.99. The summed E-state index contributed by atoms with van der Waals surface area (Å²) in [6.45, 7) is 0. The van der Waals surface area contributed by atoms with Crippen LogP contribution in [0, 0.1) is 0 Å². The van der Waals surface area contributed by atoms with Crippen molar-refractivity contribution in [1.82, 2.24) is 10.1 Å². The molecule has 0 amide bonds. The van der Waals surface area contributed by atoms with E-state index in [1.807, 2.05) is 24.3 Å². The van der Waals surface area contributed by atoms with Crippen molar-refractivity contribution in [2.75, 3.05) is 7.11 Å². The Labute approximate surface area is 110 Å². The quantitative estimate of drug-likeness (QED) is 0.858. The lowest BCUT2D eigenvalue weighted by Gasteiger charge is -1.99. The Bertz CT molecular complexity index is 565. The SMILES string of the molecule is COc1cccc(-c2noc(CCCC(=O)O)n2)c1. The molecule has 0 aliphatic carbocycles. The lowest BCUT2D eigenvalue weighted by Crippen LogP contribution is -1.96. The van der Waals surface area contributed by atoms with Crippen LogP contribution in [0.3, 0.4) is 0 Å². The molecule has 1 heterocycles. The number of carboxylic acid groups (broad SMARTS) is 1. The largest absolute Gasteiger partial charge is 0.497 e. The van der Waals surface area contributed by atoms with Crippen molar-refractivity contribution in [3.63, 3.8) is 0 Å². The number of carboxylic acids is 1. The maximum atomic E-state index is 10.4. The average molecular weight is 262 g/mol. The Morgan fingerprint density at radius 2 is 2.32 bits per heavy atom. The minimum Gasteiger partial charge on any atom is -0.497 e. The topological polar surface area (TPSA) is 85.5 Å². The van der Waals surface area contributed by atoms with Crippen molar-refractivity contribution in [2.24, 2.45) is 0 Å². The van der Waals surface area contributed by atoms with Crippen LogP contribution in [0.25, 0.3) is 11.4 Å². The first-order valence-electron chi connectivity index (χ1n) is 5.88. The number of aryl methyl sites for hydroxylation is 1. The smallest absolute Gasteiger partial charge is 0.303 e. The van der Waals surface area contributed by atoms with E-state index in [2.05, 4.69) is 10.1 Å². The van der Waals surface area contributed by atoms with Gasteiger partial charge in [-0.1, -0.05) is 17.3 Å². The van der Waals surface area contributed by atoms with Gasteiger partial charge in [0.1, 0.15) is 5.75 Å². The third-order valence-electron chi connectivity index (χ3n) is 2.58. The molecular formula is C13H14N2O4. The molecule has 0 unspecified atom stereocenters. The first-order valence-corrected chi connectivity index (χ1v) is 5.88. The number of carbonyl (C=O) groups is 1. The highest BCUT2D eigenvalue weighted by Crippen LogP contribution is 2.21. The Balaban J connectivity index is 2.05. The Morgan fingerprint density at radius 3 is 3.05 bits per heavy atom. The second kappa shape index (κ2) is 5.99. The molecule has 0 aliphatic heterocycles. The van der Waals surface area contributed by atoms with E-state index in [1.54, 1.807) is 7.11 Å². The molecule has 19 heavy (non-hydrogen) atoms. The van der Waals surface area contributed by atoms with E-state index in [0.717, 1.165) is 11.3 Å². The highest BCUT2D eigenvalue weighted by atomic mass is 16.5. The van der Waals surface area contributed by atoms with Crippen LogP contribution in [-0.4, -0.2) is 28.3 Å². The van der Waals surface area contributed by atoms with Gasteiger partial charge >= 0.3 is 5.97 Å². The molecule has 2 aromatic rings. The third-order valence-corrected chi connectivity index (χ3v) is 2.58. The Kier molecular flexibility index (Phi) is 4.12. The summed E-state index contributed by atoms with van der Waals surface area (Å²) in [5.41, 5.74) is 0.799. The number of benzene rings is 1. The number of hydrogen-bond acceptors (Lipinski definition) is 5. The number of methoxy groups -OCH3 is 1. The standard InChI is InChI=1S/C13H14N2O4/c1-18-10-5-2-4-9(8-10)13-14-11(19-15-13)6-3-7-12(16)17/h2,4-5,8H,3,6-7H2,1H3,(H,16,17). The molecule has 6 heteroatoms. The van der Waals surface area contributed by atoms with E-state index in [0.29, 0.717) is 24.6 Å². The molecule has 0 fully saturated rings. The summed E-state index contributed by atoms with van der Waals surface area (Å²) < 4.78 is 10.2. The monoisotopic (exact) mass is 262 g/mol. The molecule has 0 radical (unpaired) electrons. The maximum Gasteiger partial charge on any atom is 0.303 e. The van der Waals surface area contributed by atoms with Gasteiger partial charge in [-0.2, -0.15) is 4.98 Å². The summed E-state index contributed by atoms with van der Waals surface area (Å²) in [4.78, 5) is 14.6. The summed E-state index contributed by atoms with van der Waals surface area (Å²) >= 11 is 0. The average Bonchev–Trinajstić information content (AvgIpc) is 2.87. The zero-order valence-corrected chi connectivity index (χ0v) is 10.5. The second-order valence-electron chi connectivity index (χ2n) is 3.99. The molecule has 0 spiro atoms. The Morgan fingerprint density at radius 1 is 1.47 bits per heavy atom.